The topological polar surface area (TPSA) is 65.2 Å². The van der Waals surface area contributed by atoms with Crippen molar-refractivity contribution in [1.29, 1.82) is 0 Å². The molecule has 4 nitrogen and oxygen atoms in total. The molecule has 12 heavy (non-hydrogen) atoms. The number of nitrogens with two attached hydrogens (primary N) is 1. The molecule has 0 fully saturated rings. The minimum atomic E-state index is -0.742. The second-order valence-corrected chi connectivity index (χ2v) is 3.22. The molecule has 1 unspecified atom stereocenters. The lowest BCUT2D eigenvalue weighted by atomic mass is 10.3. The van der Waals surface area contributed by atoms with Crippen LogP contribution >= 0.6 is 11.3 Å². The zero-order valence-corrected chi connectivity index (χ0v) is 7.72. The molecule has 0 aliphatic heterocycles. The zero-order valence-electron chi connectivity index (χ0n) is 6.90. The Kier molecular flexibility index (Phi) is 2.78. The number of ether oxygens (including phenoxy) is 1. The highest BCUT2D eigenvalue weighted by atomic mass is 32.1. The van der Waals surface area contributed by atoms with Crippen molar-refractivity contribution in [2.75, 3.05) is 7.11 Å². The number of hydrogen-bond acceptors (Lipinski definition) is 5. The van der Waals surface area contributed by atoms with Crippen molar-refractivity contribution < 1.29 is 9.53 Å². The average molecular weight is 186 g/mol. The first-order chi connectivity index (χ1) is 5.65. The summed E-state index contributed by atoms with van der Waals surface area (Å²) >= 11 is 1.36. The van der Waals surface area contributed by atoms with Crippen LogP contribution in [-0.4, -0.2) is 18.1 Å². The Balaban J connectivity index is 2.77. The summed E-state index contributed by atoms with van der Waals surface area (Å²) in [5.74, 6) is -0.454. The van der Waals surface area contributed by atoms with E-state index < -0.39 is 12.0 Å². The molecule has 0 aromatic carbocycles. The van der Waals surface area contributed by atoms with Crippen molar-refractivity contribution in [3.05, 3.63) is 16.1 Å². The number of aromatic nitrogens is 1. The molecule has 1 aromatic rings. The predicted molar refractivity (Wildman–Crippen MR) is 45.8 cm³/mol. The maximum atomic E-state index is 10.9. The molecule has 1 atom stereocenters. The monoisotopic (exact) mass is 186 g/mol. The third-order valence-corrected chi connectivity index (χ3v) is 2.40. The molecule has 66 valence electrons. The van der Waals surface area contributed by atoms with Crippen LogP contribution in [0.3, 0.4) is 0 Å². The molecule has 1 heterocycles. The lowest BCUT2D eigenvalue weighted by Gasteiger charge is -2.04. The number of methoxy groups -OCH3 is 1. The summed E-state index contributed by atoms with van der Waals surface area (Å²) in [4.78, 5) is 15.0. The van der Waals surface area contributed by atoms with Crippen LogP contribution in [0, 0.1) is 6.92 Å². The quantitative estimate of drug-likeness (QED) is 0.688. The van der Waals surface area contributed by atoms with Gasteiger partial charge in [-0.2, -0.15) is 0 Å². The Bertz CT molecular complexity index is 285. The van der Waals surface area contributed by atoms with Crippen LogP contribution in [0.25, 0.3) is 0 Å². The van der Waals surface area contributed by atoms with Gasteiger partial charge in [-0.1, -0.05) is 0 Å². The third-order valence-electron chi connectivity index (χ3n) is 1.36. The van der Waals surface area contributed by atoms with Crippen molar-refractivity contribution in [2.24, 2.45) is 5.73 Å². The van der Waals surface area contributed by atoms with E-state index in [-0.39, 0.29) is 0 Å². The smallest absolute Gasteiger partial charge is 0.329 e. The number of esters is 1. The van der Waals surface area contributed by atoms with E-state index in [0.29, 0.717) is 5.01 Å². The van der Waals surface area contributed by atoms with Crippen molar-refractivity contribution in [1.82, 2.24) is 4.98 Å². The normalized spacial score (nSPS) is 12.6. The first kappa shape index (κ1) is 9.15. The molecule has 1 aromatic heterocycles. The highest BCUT2D eigenvalue weighted by molar-refractivity contribution is 7.09. The SMILES string of the molecule is COC(=O)C(N)c1nc(C)cs1. The van der Waals surface area contributed by atoms with E-state index in [1.54, 1.807) is 0 Å². The van der Waals surface area contributed by atoms with Crippen LogP contribution in [0.2, 0.25) is 0 Å². The van der Waals surface area contributed by atoms with Gasteiger partial charge in [0.25, 0.3) is 0 Å². The molecule has 0 spiro atoms. The van der Waals surface area contributed by atoms with Gasteiger partial charge in [0.2, 0.25) is 0 Å². The molecule has 0 aliphatic rings. The Morgan fingerprint density at radius 3 is 2.92 bits per heavy atom. The summed E-state index contributed by atoms with van der Waals surface area (Å²) in [6.07, 6.45) is 0. The fraction of sp³-hybridized carbons (Fsp3) is 0.429. The van der Waals surface area contributed by atoms with E-state index in [1.165, 1.54) is 18.4 Å². The van der Waals surface area contributed by atoms with E-state index in [0.717, 1.165) is 5.69 Å². The molecular weight excluding hydrogens is 176 g/mol. The molecule has 1 rings (SSSR count). The van der Waals surface area contributed by atoms with E-state index in [1.807, 2.05) is 12.3 Å². The van der Waals surface area contributed by atoms with Gasteiger partial charge in [-0.15, -0.1) is 11.3 Å². The molecule has 2 N–H and O–H groups in total. The van der Waals surface area contributed by atoms with Gasteiger partial charge in [0, 0.05) is 11.1 Å². The first-order valence-corrected chi connectivity index (χ1v) is 4.28. The number of hydrogen-bond donors (Lipinski definition) is 1. The van der Waals surface area contributed by atoms with Crippen molar-refractivity contribution in [3.8, 4) is 0 Å². The number of nitrogens with zero attached hydrogens (tertiary/aromatic N) is 1. The van der Waals surface area contributed by atoms with Crippen LogP contribution in [-0.2, 0) is 9.53 Å². The molecule has 5 heteroatoms. The summed E-state index contributed by atoms with van der Waals surface area (Å²) in [5.41, 5.74) is 6.41. The van der Waals surface area contributed by atoms with Gasteiger partial charge < -0.3 is 10.5 Å². The van der Waals surface area contributed by atoms with Gasteiger partial charge >= 0.3 is 5.97 Å². The molecule has 0 bridgehead atoms. The Morgan fingerprint density at radius 2 is 2.50 bits per heavy atom. The third kappa shape index (κ3) is 1.80. The van der Waals surface area contributed by atoms with Gasteiger partial charge in [0.05, 0.1) is 7.11 Å². The Hall–Kier alpha value is -0.940. The summed E-state index contributed by atoms with van der Waals surface area (Å²) in [7, 11) is 1.31. The molecule has 0 aliphatic carbocycles. The maximum Gasteiger partial charge on any atom is 0.329 e. The first-order valence-electron chi connectivity index (χ1n) is 3.40. The summed E-state index contributed by atoms with van der Waals surface area (Å²) < 4.78 is 4.48. The Morgan fingerprint density at radius 1 is 1.83 bits per heavy atom. The second-order valence-electron chi connectivity index (χ2n) is 2.33. The summed E-state index contributed by atoms with van der Waals surface area (Å²) in [5, 5.41) is 2.44. The van der Waals surface area contributed by atoms with E-state index in [4.69, 9.17) is 5.73 Å². The van der Waals surface area contributed by atoms with Crippen molar-refractivity contribution in [2.45, 2.75) is 13.0 Å². The minimum absolute atomic E-state index is 0.454. The van der Waals surface area contributed by atoms with Gasteiger partial charge in [-0.05, 0) is 6.92 Å². The van der Waals surface area contributed by atoms with Crippen molar-refractivity contribution >= 4 is 17.3 Å². The van der Waals surface area contributed by atoms with Crippen LogP contribution < -0.4 is 5.73 Å². The van der Waals surface area contributed by atoms with Crippen LogP contribution in [0.4, 0.5) is 0 Å². The van der Waals surface area contributed by atoms with Gasteiger partial charge in [-0.3, -0.25) is 0 Å². The van der Waals surface area contributed by atoms with E-state index >= 15 is 0 Å². The van der Waals surface area contributed by atoms with Crippen LogP contribution in [0.15, 0.2) is 5.38 Å². The van der Waals surface area contributed by atoms with Gasteiger partial charge in [0.1, 0.15) is 5.01 Å². The van der Waals surface area contributed by atoms with Crippen molar-refractivity contribution in [3.63, 3.8) is 0 Å². The second kappa shape index (κ2) is 3.64. The molecule has 0 saturated carbocycles. The fourth-order valence-electron chi connectivity index (χ4n) is 0.743. The summed E-state index contributed by atoms with van der Waals surface area (Å²) in [6.45, 7) is 1.85. The molecule has 0 saturated heterocycles. The number of aryl methyl sites for hydroxylation is 1. The fourth-order valence-corrected chi connectivity index (χ4v) is 1.53. The zero-order chi connectivity index (χ0) is 9.14. The maximum absolute atomic E-state index is 10.9. The number of rotatable bonds is 2. The lowest BCUT2D eigenvalue weighted by molar-refractivity contribution is -0.142. The molecule has 0 radical (unpaired) electrons. The van der Waals surface area contributed by atoms with Gasteiger partial charge in [0.15, 0.2) is 6.04 Å². The average Bonchev–Trinajstić information content (AvgIpc) is 2.49. The Labute approximate surface area is 74.4 Å². The molecule has 0 amide bonds. The van der Waals surface area contributed by atoms with Crippen LogP contribution in [0.1, 0.15) is 16.7 Å². The number of carbonyl (C=O) groups excluding carboxylic acids is 1. The van der Waals surface area contributed by atoms with E-state index in [9.17, 15) is 4.79 Å². The van der Waals surface area contributed by atoms with Gasteiger partial charge in [-0.25, -0.2) is 9.78 Å². The number of carbonyl (C=O) groups is 1. The molecular formula is C7H10N2O2S. The lowest BCUT2D eigenvalue weighted by Crippen LogP contribution is -2.22. The highest BCUT2D eigenvalue weighted by Gasteiger charge is 2.18. The minimum Gasteiger partial charge on any atom is -0.468 e. The van der Waals surface area contributed by atoms with E-state index in [2.05, 4.69) is 9.72 Å². The largest absolute Gasteiger partial charge is 0.468 e. The number of thiazole rings is 1. The standard InChI is InChI=1S/C7H10N2O2S/c1-4-3-12-6(9-4)5(8)7(10)11-2/h3,5H,8H2,1-2H3. The predicted octanol–water partition coefficient (Wildman–Crippen LogP) is 0.624. The van der Waals surface area contributed by atoms with Crippen LogP contribution in [0.5, 0.6) is 0 Å². The summed E-state index contributed by atoms with van der Waals surface area (Å²) in [6, 6.07) is -0.742. The highest BCUT2D eigenvalue weighted by Crippen LogP contribution is 2.16.